The van der Waals surface area contributed by atoms with Crippen molar-refractivity contribution in [1.82, 2.24) is 0 Å². The van der Waals surface area contributed by atoms with Crippen LogP contribution in [0.3, 0.4) is 0 Å². The van der Waals surface area contributed by atoms with Crippen LogP contribution in [-0.4, -0.2) is 37.2 Å². The van der Waals surface area contributed by atoms with Gasteiger partial charge in [0.15, 0.2) is 6.10 Å². The molecule has 0 aromatic carbocycles. The molecule has 6 heteroatoms. The van der Waals surface area contributed by atoms with Crippen LogP contribution >= 0.6 is 0 Å². The topological polar surface area (TPSA) is 78.9 Å². The minimum absolute atomic E-state index is 0.0809. The van der Waals surface area contributed by atoms with Gasteiger partial charge in [-0.15, -0.1) is 0 Å². The fourth-order valence-corrected chi connectivity index (χ4v) is 8.65. The highest BCUT2D eigenvalue weighted by molar-refractivity contribution is 5.71. The van der Waals surface area contributed by atoms with E-state index in [9.17, 15) is 14.4 Å². The van der Waals surface area contributed by atoms with Gasteiger partial charge in [-0.3, -0.25) is 14.4 Å². The molecule has 424 valence electrons. The molecule has 0 saturated carbocycles. The largest absolute Gasteiger partial charge is 0.462 e. The molecule has 0 saturated heterocycles. The predicted octanol–water partition coefficient (Wildman–Crippen LogP) is 21.3. The molecule has 74 heavy (non-hydrogen) atoms. The van der Waals surface area contributed by atoms with E-state index < -0.39 is 6.10 Å². The van der Waals surface area contributed by atoms with Crippen LogP contribution in [0.15, 0.2) is 97.2 Å². The highest BCUT2D eigenvalue weighted by atomic mass is 16.6. The lowest BCUT2D eigenvalue weighted by Crippen LogP contribution is -2.30. The molecule has 0 aliphatic carbocycles. The van der Waals surface area contributed by atoms with Crippen LogP contribution < -0.4 is 0 Å². The third kappa shape index (κ3) is 59.2. The smallest absolute Gasteiger partial charge is 0.306 e. The van der Waals surface area contributed by atoms with E-state index in [2.05, 4.69) is 118 Å². The van der Waals surface area contributed by atoms with Crippen LogP contribution in [-0.2, 0) is 28.6 Å². The van der Waals surface area contributed by atoms with Crippen molar-refractivity contribution in [2.45, 2.75) is 303 Å². The van der Waals surface area contributed by atoms with E-state index >= 15 is 0 Å². The van der Waals surface area contributed by atoms with E-state index in [0.29, 0.717) is 19.3 Å². The Morgan fingerprint density at radius 1 is 0.284 bits per heavy atom. The molecule has 0 fully saturated rings. The summed E-state index contributed by atoms with van der Waals surface area (Å²) in [6.07, 6.45) is 82.6. The highest BCUT2D eigenvalue weighted by Crippen LogP contribution is 2.16. The Hall–Kier alpha value is -3.67. The molecular formula is C68H116O6. The SMILES string of the molecule is CC/C=C\C/C=C\C/C=C\C/C=C\C/C=C\C/C=C\CCCCCCCCCCC(=O)OCC(COC(=O)CCCCCCCCCCCCCC)OC(=O)CCCCCCCCC/C=C\C/C=C\CCCCC. The summed E-state index contributed by atoms with van der Waals surface area (Å²) in [7, 11) is 0. The molecule has 0 aromatic rings. The van der Waals surface area contributed by atoms with Gasteiger partial charge in [-0.05, 0) is 103 Å². The van der Waals surface area contributed by atoms with Crippen molar-refractivity contribution in [1.29, 1.82) is 0 Å². The summed E-state index contributed by atoms with van der Waals surface area (Å²) in [5.41, 5.74) is 0. The number of ether oxygens (including phenoxy) is 3. The molecule has 0 heterocycles. The Balaban J connectivity index is 4.32. The van der Waals surface area contributed by atoms with Crippen molar-refractivity contribution in [3.05, 3.63) is 97.2 Å². The molecule has 0 radical (unpaired) electrons. The second-order valence-electron chi connectivity index (χ2n) is 20.6. The molecule has 1 atom stereocenters. The lowest BCUT2D eigenvalue weighted by Gasteiger charge is -2.18. The van der Waals surface area contributed by atoms with E-state index in [4.69, 9.17) is 14.2 Å². The average Bonchev–Trinajstić information content (AvgIpc) is 3.40. The summed E-state index contributed by atoms with van der Waals surface area (Å²) in [6.45, 7) is 6.50. The zero-order chi connectivity index (χ0) is 53.6. The van der Waals surface area contributed by atoms with E-state index in [0.717, 1.165) is 116 Å². The quantitative estimate of drug-likeness (QED) is 0.0261. The van der Waals surface area contributed by atoms with Gasteiger partial charge in [-0.2, -0.15) is 0 Å². The van der Waals surface area contributed by atoms with Crippen LogP contribution in [0.5, 0.6) is 0 Å². The first-order chi connectivity index (χ1) is 36.5. The number of carbonyl (C=O) groups is 3. The van der Waals surface area contributed by atoms with Crippen molar-refractivity contribution >= 4 is 17.9 Å². The Morgan fingerprint density at radius 3 is 0.851 bits per heavy atom. The number of hydrogen-bond acceptors (Lipinski definition) is 6. The normalized spacial score (nSPS) is 12.7. The first kappa shape index (κ1) is 70.3. The number of unbranched alkanes of at least 4 members (excludes halogenated alkanes) is 29. The number of rotatable bonds is 56. The lowest BCUT2D eigenvalue weighted by molar-refractivity contribution is -0.167. The van der Waals surface area contributed by atoms with Crippen LogP contribution in [0.25, 0.3) is 0 Å². The first-order valence-corrected chi connectivity index (χ1v) is 31.2. The molecule has 0 spiro atoms. The zero-order valence-corrected chi connectivity index (χ0v) is 48.6. The monoisotopic (exact) mass is 1030 g/mol. The maximum absolute atomic E-state index is 12.9. The Bertz CT molecular complexity index is 1460. The van der Waals surface area contributed by atoms with Crippen LogP contribution in [0.2, 0.25) is 0 Å². The minimum Gasteiger partial charge on any atom is -0.462 e. The summed E-state index contributed by atoms with van der Waals surface area (Å²) >= 11 is 0. The van der Waals surface area contributed by atoms with Crippen LogP contribution in [0.1, 0.15) is 297 Å². The fraction of sp³-hybridized carbons (Fsp3) is 0.721. The van der Waals surface area contributed by atoms with Gasteiger partial charge in [-0.25, -0.2) is 0 Å². The maximum atomic E-state index is 12.9. The summed E-state index contributed by atoms with van der Waals surface area (Å²) in [5.74, 6) is -0.889. The second-order valence-corrected chi connectivity index (χ2v) is 20.6. The number of esters is 3. The molecule has 1 unspecified atom stereocenters. The number of allylic oxidation sites excluding steroid dienone is 16. The molecule has 0 aromatic heterocycles. The lowest BCUT2D eigenvalue weighted by atomic mass is 10.0. The number of carbonyl (C=O) groups excluding carboxylic acids is 3. The third-order valence-electron chi connectivity index (χ3n) is 13.3. The van der Waals surface area contributed by atoms with Crippen LogP contribution in [0.4, 0.5) is 0 Å². The van der Waals surface area contributed by atoms with E-state index in [1.807, 2.05) is 0 Å². The van der Waals surface area contributed by atoms with Gasteiger partial charge in [0.2, 0.25) is 0 Å². The summed E-state index contributed by atoms with van der Waals surface area (Å²) in [6, 6.07) is 0. The standard InChI is InChI=1S/C68H116O6/c1-4-7-10-13-16-19-22-25-27-29-30-31-32-33-34-35-36-37-38-40-41-43-46-49-52-55-58-61-67(70)73-64-65(63-72-66(69)60-57-54-51-48-45-24-21-18-15-12-9-6-3)74-68(71)62-59-56-53-50-47-44-42-39-28-26-23-20-17-14-11-8-5-2/h7,10,16-17,19-20,25-28,30-31,33-34,36-37,65H,4-6,8-9,11-15,18,21-24,29,32,35,38-64H2,1-3H3/b10-7-,19-16-,20-17-,27-25-,28-26-,31-30-,34-33-,37-36-. The van der Waals surface area contributed by atoms with Gasteiger partial charge >= 0.3 is 17.9 Å². The number of hydrogen-bond donors (Lipinski definition) is 0. The van der Waals surface area contributed by atoms with Gasteiger partial charge < -0.3 is 14.2 Å². The van der Waals surface area contributed by atoms with E-state index in [1.165, 1.54) is 141 Å². The van der Waals surface area contributed by atoms with Crippen molar-refractivity contribution in [2.75, 3.05) is 13.2 Å². The van der Waals surface area contributed by atoms with E-state index in [-0.39, 0.29) is 31.1 Å². The molecule has 0 bridgehead atoms. The molecule has 0 rings (SSSR count). The van der Waals surface area contributed by atoms with Gasteiger partial charge in [0, 0.05) is 19.3 Å². The maximum Gasteiger partial charge on any atom is 0.306 e. The average molecular weight is 1030 g/mol. The van der Waals surface area contributed by atoms with Crippen molar-refractivity contribution in [3.8, 4) is 0 Å². The zero-order valence-electron chi connectivity index (χ0n) is 48.6. The van der Waals surface area contributed by atoms with Crippen LogP contribution in [0, 0.1) is 0 Å². The molecule has 0 aliphatic rings. The molecule has 6 nitrogen and oxygen atoms in total. The van der Waals surface area contributed by atoms with E-state index in [1.54, 1.807) is 0 Å². The molecular weight excluding hydrogens is 913 g/mol. The fourth-order valence-electron chi connectivity index (χ4n) is 8.65. The van der Waals surface area contributed by atoms with Crippen molar-refractivity contribution < 1.29 is 28.6 Å². The molecule has 0 amide bonds. The van der Waals surface area contributed by atoms with Gasteiger partial charge in [-0.1, -0.05) is 272 Å². The Morgan fingerprint density at radius 2 is 0.527 bits per heavy atom. The third-order valence-corrected chi connectivity index (χ3v) is 13.3. The van der Waals surface area contributed by atoms with Crippen molar-refractivity contribution in [3.63, 3.8) is 0 Å². The molecule has 0 aliphatic heterocycles. The Kier molecular flexibility index (Phi) is 58.8. The summed E-state index contributed by atoms with van der Waals surface area (Å²) < 4.78 is 16.9. The minimum atomic E-state index is -0.785. The van der Waals surface area contributed by atoms with Gasteiger partial charge in [0.25, 0.3) is 0 Å². The second kappa shape index (κ2) is 61.9. The predicted molar refractivity (Wildman–Crippen MR) is 320 cm³/mol. The van der Waals surface area contributed by atoms with Gasteiger partial charge in [0.05, 0.1) is 0 Å². The Labute approximate surface area is 457 Å². The van der Waals surface area contributed by atoms with Gasteiger partial charge in [0.1, 0.15) is 13.2 Å². The molecule has 0 N–H and O–H groups in total. The summed E-state index contributed by atoms with van der Waals surface area (Å²) in [5, 5.41) is 0. The summed E-state index contributed by atoms with van der Waals surface area (Å²) in [4.78, 5) is 38.2. The highest BCUT2D eigenvalue weighted by Gasteiger charge is 2.19. The first-order valence-electron chi connectivity index (χ1n) is 31.2. The van der Waals surface area contributed by atoms with Crippen molar-refractivity contribution in [2.24, 2.45) is 0 Å².